The number of aliphatic hydroxyl groups excluding tert-OH is 1. The molecule has 1 N–H and O–H groups in total. The van der Waals surface area contributed by atoms with Crippen molar-refractivity contribution in [2.75, 3.05) is 32.8 Å². The van der Waals surface area contributed by atoms with Gasteiger partial charge in [0.2, 0.25) is 0 Å². The summed E-state index contributed by atoms with van der Waals surface area (Å²) in [6.07, 6.45) is -0.442. The number of hydrogen-bond acceptors (Lipinski definition) is 4. The molecule has 1 fully saturated rings. The van der Waals surface area contributed by atoms with Crippen molar-refractivity contribution in [3.05, 3.63) is 65.7 Å². The fourth-order valence-electron chi connectivity index (χ4n) is 3.06. The highest BCUT2D eigenvalue weighted by atomic mass is 16.5. The number of ether oxygens (including phenoxy) is 2. The minimum Gasteiger partial charge on any atom is -0.491 e. The number of β-amino-alcohol motifs (C(OH)–C–C–N with tert-alkyl or cyclic N) is 1. The van der Waals surface area contributed by atoms with Crippen molar-refractivity contribution in [1.29, 1.82) is 0 Å². The van der Waals surface area contributed by atoms with Crippen LogP contribution in [-0.4, -0.2) is 49.0 Å². The minimum absolute atomic E-state index is 0.0715. The molecule has 1 aliphatic rings. The maximum Gasteiger partial charge on any atom is 0.119 e. The standard InChI is InChI=1S/C20H25NO3/c1-16-7-5-6-10-19(16)20-14-21(11-12-23-20)13-17(22)15-24-18-8-3-2-4-9-18/h2-10,17,20,22H,11-15H2,1H3. The van der Waals surface area contributed by atoms with Gasteiger partial charge in [-0.1, -0.05) is 42.5 Å². The first kappa shape index (κ1) is 17.0. The van der Waals surface area contributed by atoms with Crippen molar-refractivity contribution < 1.29 is 14.6 Å². The van der Waals surface area contributed by atoms with E-state index in [2.05, 4.69) is 24.0 Å². The van der Waals surface area contributed by atoms with Gasteiger partial charge in [0.05, 0.1) is 12.7 Å². The van der Waals surface area contributed by atoms with Crippen molar-refractivity contribution in [3.63, 3.8) is 0 Å². The number of nitrogens with zero attached hydrogens (tertiary/aromatic N) is 1. The second-order valence-corrected chi connectivity index (χ2v) is 6.25. The number of para-hydroxylation sites is 1. The zero-order valence-electron chi connectivity index (χ0n) is 14.1. The first-order valence-corrected chi connectivity index (χ1v) is 8.48. The quantitative estimate of drug-likeness (QED) is 0.886. The molecule has 2 aromatic carbocycles. The number of aryl methyl sites for hydroxylation is 1. The van der Waals surface area contributed by atoms with E-state index in [9.17, 15) is 5.11 Å². The monoisotopic (exact) mass is 327 g/mol. The van der Waals surface area contributed by atoms with Gasteiger partial charge in [0.1, 0.15) is 18.5 Å². The summed E-state index contributed by atoms with van der Waals surface area (Å²) in [6, 6.07) is 17.9. The van der Waals surface area contributed by atoms with E-state index in [1.165, 1.54) is 11.1 Å². The van der Waals surface area contributed by atoms with E-state index >= 15 is 0 Å². The molecule has 0 aliphatic carbocycles. The van der Waals surface area contributed by atoms with Crippen LogP contribution in [-0.2, 0) is 4.74 Å². The topological polar surface area (TPSA) is 41.9 Å². The molecular formula is C20H25NO3. The van der Waals surface area contributed by atoms with Gasteiger partial charge in [-0.2, -0.15) is 0 Å². The van der Waals surface area contributed by atoms with Gasteiger partial charge in [-0.3, -0.25) is 4.90 Å². The molecule has 2 aromatic rings. The summed E-state index contributed by atoms with van der Waals surface area (Å²) in [7, 11) is 0. The Morgan fingerprint density at radius 3 is 2.71 bits per heavy atom. The second-order valence-electron chi connectivity index (χ2n) is 6.25. The number of benzene rings is 2. The van der Waals surface area contributed by atoms with Crippen LogP contribution in [0.1, 0.15) is 17.2 Å². The predicted molar refractivity (Wildman–Crippen MR) is 94.3 cm³/mol. The van der Waals surface area contributed by atoms with E-state index in [-0.39, 0.29) is 6.10 Å². The number of rotatable bonds is 6. The molecule has 4 heteroatoms. The zero-order chi connectivity index (χ0) is 16.8. The number of hydrogen-bond donors (Lipinski definition) is 1. The molecule has 2 unspecified atom stereocenters. The molecule has 0 bridgehead atoms. The lowest BCUT2D eigenvalue weighted by Crippen LogP contribution is -2.43. The van der Waals surface area contributed by atoms with Crippen molar-refractivity contribution in [2.45, 2.75) is 19.1 Å². The largest absolute Gasteiger partial charge is 0.491 e. The molecule has 1 saturated heterocycles. The van der Waals surface area contributed by atoms with Crippen LogP contribution in [0.3, 0.4) is 0 Å². The Morgan fingerprint density at radius 1 is 1.17 bits per heavy atom. The molecule has 0 spiro atoms. The van der Waals surface area contributed by atoms with Crippen LogP contribution >= 0.6 is 0 Å². The van der Waals surface area contributed by atoms with Crippen molar-refractivity contribution in [1.82, 2.24) is 4.90 Å². The molecule has 24 heavy (non-hydrogen) atoms. The highest BCUT2D eigenvalue weighted by Gasteiger charge is 2.24. The van der Waals surface area contributed by atoms with E-state index in [0.717, 1.165) is 18.8 Å². The lowest BCUT2D eigenvalue weighted by molar-refractivity contribution is -0.0461. The molecule has 128 valence electrons. The van der Waals surface area contributed by atoms with E-state index in [4.69, 9.17) is 9.47 Å². The summed E-state index contributed by atoms with van der Waals surface area (Å²) in [5.41, 5.74) is 2.48. The van der Waals surface area contributed by atoms with Gasteiger partial charge in [-0.05, 0) is 30.2 Å². The number of morpholine rings is 1. The molecule has 3 rings (SSSR count). The molecule has 4 nitrogen and oxygen atoms in total. The van der Waals surface area contributed by atoms with Gasteiger partial charge >= 0.3 is 0 Å². The molecule has 0 amide bonds. The fourth-order valence-corrected chi connectivity index (χ4v) is 3.06. The zero-order valence-corrected chi connectivity index (χ0v) is 14.1. The molecule has 0 saturated carbocycles. The van der Waals surface area contributed by atoms with Gasteiger partial charge in [-0.15, -0.1) is 0 Å². The van der Waals surface area contributed by atoms with Crippen LogP contribution in [0.2, 0.25) is 0 Å². The summed E-state index contributed by atoms with van der Waals surface area (Å²) >= 11 is 0. The lowest BCUT2D eigenvalue weighted by Gasteiger charge is -2.34. The summed E-state index contributed by atoms with van der Waals surface area (Å²) in [4.78, 5) is 2.25. The Morgan fingerprint density at radius 2 is 1.92 bits per heavy atom. The minimum atomic E-state index is -0.513. The van der Waals surface area contributed by atoms with Crippen LogP contribution in [0.5, 0.6) is 5.75 Å². The first-order valence-electron chi connectivity index (χ1n) is 8.48. The van der Waals surface area contributed by atoms with Gasteiger partial charge in [-0.25, -0.2) is 0 Å². The van der Waals surface area contributed by atoms with E-state index in [1.807, 2.05) is 42.5 Å². The van der Waals surface area contributed by atoms with Crippen molar-refractivity contribution >= 4 is 0 Å². The Hall–Kier alpha value is -1.88. The molecule has 0 aromatic heterocycles. The van der Waals surface area contributed by atoms with E-state index in [0.29, 0.717) is 19.8 Å². The average molecular weight is 327 g/mol. The smallest absolute Gasteiger partial charge is 0.119 e. The van der Waals surface area contributed by atoms with Crippen LogP contribution in [0, 0.1) is 6.92 Å². The normalized spacial score (nSPS) is 19.8. The summed E-state index contributed by atoms with van der Waals surface area (Å²) in [6.45, 7) is 5.33. The highest BCUT2D eigenvalue weighted by Crippen LogP contribution is 2.25. The third-order valence-electron chi connectivity index (χ3n) is 4.34. The van der Waals surface area contributed by atoms with Gasteiger partial charge in [0, 0.05) is 19.6 Å². The Kier molecular flexibility index (Phi) is 5.86. The molecule has 0 radical (unpaired) electrons. The molecule has 2 atom stereocenters. The SMILES string of the molecule is Cc1ccccc1C1CN(CC(O)COc2ccccc2)CCO1. The van der Waals surface area contributed by atoms with E-state index < -0.39 is 6.10 Å². The third kappa shape index (κ3) is 4.57. The molecule has 1 aliphatic heterocycles. The van der Waals surface area contributed by atoms with E-state index in [1.54, 1.807) is 0 Å². The van der Waals surface area contributed by atoms with Crippen molar-refractivity contribution in [3.8, 4) is 5.75 Å². The molecule has 1 heterocycles. The van der Waals surface area contributed by atoms with Crippen LogP contribution < -0.4 is 4.74 Å². The van der Waals surface area contributed by atoms with Crippen LogP contribution in [0.25, 0.3) is 0 Å². The van der Waals surface area contributed by atoms with Gasteiger partial charge in [0.25, 0.3) is 0 Å². The summed E-state index contributed by atoms with van der Waals surface area (Å²) in [5, 5.41) is 10.3. The van der Waals surface area contributed by atoms with Crippen LogP contribution in [0.4, 0.5) is 0 Å². The Balaban J connectivity index is 1.51. The van der Waals surface area contributed by atoms with Crippen LogP contribution in [0.15, 0.2) is 54.6 Å². The lowest BCUT2D eigenvalue weighted by atomic mass is 10.0. The molecular weight excluding hydrogens is 302 g/mol. The van der Waals surface area contributed by atoms with Gasteiger partial charge < -0.3 is 14.6 Å². The fraction of sp³-hybridized carbons (Fsp3) is 0.400. The van der Waals surface area contributed by atoms with Crippen molar-refractivity contribution in [2.24, 2.45) is 0 Å². The Bertz CT molecular complexity index is 632. The first-order chi connectivity index (χ1) is 11.7. The number of aliphatic hydroxyl groups is 1. The maximum atomic E-state index is 10.3. The second kappa shape index (κ2) is 8.29. The van der Waals surface area contributed by atoms with Gasteiger partial charge in [0.15, 0.2) is 0 Å². The maximum absolute atomic E-state index is 10.3. The average Bonchev–Trinajstić information content (AvgIpc) is 2.61. The predicted octanol–water partition coefficient (Wildman–Crippen LogP) is 2.81. The third-order valence-corrected chi connectivity index (χ3v) is 4.34. The Labute approximate surface area is 143 Å². The summed E-state index contributed by atoms with van der Waals surface area (Å²) < 4.78 is 11.6. The summed E-state index contributed by atoms with van der Waals surface area (Å²) in [5.74, 6) is 0.788. The highest BCUT2D eigenvalue weighted by molar-refractivity contribution is 5.28.